The largest absolute Gasteiger partial charge is 0.400 e. The summed E-state index contributed by atoms with van der Waals surface area (Å²) in [6.45, 7) is -0.257. The van der Waals surface area contributed by atoms with Crippen LogP contribution in [0.5, 0.6) is 0 Å². The van der Waals surface area contributed by atoms with E-state index in [9.17, 15) is 14.7 Å². The number of H-pyrrole nitrogens is 1. The predicted octanol–water partition coefficient (Wildman–Crippen LogP) is -1.75. The average Bonchev–Trinajstić information content (AvgIpc) is 2.94. The van der Waals surface area contributed by atoms with Gasteiger partial charge in [0, 0.05) is 33.6 Å². The van der Waals surface area contributed by atoms with Crippen molar-refractivity contribution in [1.82, 2.24) is 9.55 Å². The van der Waals surface area contributed by atoms with Crippen molar-refractivity contribution in [3.63, 3.8) is 0 Å². The number of ether oxygens (including phenoxy) is 3. The first-order chi connectivity index (χ1) is 11.5. The van der Waals surface area contributed by atoms with Crippen LogP contribution in [-0.4, -0.2) is 70.9 Å². The summed E-state index contributed by atoms with van der Waals surface area (Å²) >= 11 is 0. The number of hydrogen-bond acceptors (Lipinski definition) is 8. The second-order valence-electron chi connectivity index (χ2n) is 4.25. The van der Waals surface area contributed by atoms with Crippen molar-refractivity contribution in [2.24, 2.45) is 0 Å². The standard InChI is InChI=1S/C11H16N2O6.CH4O.HO2P/c1-17-8-6(5-14)19-10(9(8)18-2)13-4-3-7(15)12-11(13)16;1-2;1-3-2/h3-4,6,8-10,14H,5H2,1-2H3,(H,12,15,16);2H,1H3;(H,1,2). The maximum atomic E-state index is 11.7. The van der Waals surface area contributed by atoms with Crippen LogP contribution >= 0.6 is 8.69 Å². The number of rotatable bonds is 4. The Balaban J connectivity index is 0.000000952. The predicted molar refractivity (Wildman–Crippen MR) is 81.9 cm³/mol. The molecule has 0 radical (unpaired) electrons. The van der Waals surface area contributed by atoms with Crippen molar-refractivity contribution in [3.05, 3.63) is 33.1 Å². The zero-order valence-electron chi connectivity index (χ0n) is 13.4. The minimum absolute atomic E-state index is 0.257. The molecule has 0 amide bonds. The van der Waals surface area contributed by atoms with Crippen molar-refractivity contribution in [1.29, 1.82) is 0 Å². The molecule has 1 aliphatic heterocycles. The number of hydrogen-bond donors (Lipinski definition) is 4. The number of nitrogens with one attached hydrogen (secondary N) is 1. The fourth-order valence-electron chi connectivity index (χ4n) is 2.24. The number of nitrogens with zero attached hydrogens (tertiary/aromatic N) is 1. The summed E-state index contributed by atoms with van der Waals surface area (Å²) in [4.78, 5) is 31.9. The van der Waals surface area contributed by atoms with E-state index in [1.54, 1.807) is 0 Å². The first-order valence-corrected chi connectivity index (χ1v) is 7.35. The third kappa shape index (κ3) is 5.56. The molecule has 11 nitrogen and oxygen atoms in total. The van der Waals surface area contributed by atoms with Gasteiger partial charge in [0.15, 0.2) is 6.23 Å². The second-order valence-corrected chi connectivity index (χ2v) is 4.41. The molecule has 0 aromatic carbocycles. The first-order valence-electron chi connectivity index (χ1n) is 6.58. The summed E-state index contributed by atoms with van der Waals surface area (Å²) in [6.07, 6.45) is -1.11. The van der Waals surface area contributed by atoms with Gasteiger partial charge in [-0.3, -0.25) is 14.3 Å². The number of aliphatic hydroxyl groups excluding tert-OH is 2. The van der Waals surface area contributed by atoms with Crippen molar-refractivity contribution in [2.75, 3.05) is 27.9 Å². The molecule has 4 unspecified atom stereocenters. The first kappa shape index (κ1) is 22.5. The van der Waals surface area contributed by atoms with Gasteiger partial charge >= 0.3 is 14.4 Å². The van der Waals surface area contributed by atoms with E-state index in [-0.39, 0.29) is 6.61 Å². The zero-order chi connectivity index (χ0) is 18.7. The Labute approximate surface area is 138 Å². The van der Waals surface area contributed by atoms with Crippen LogP contribution in [0.25, 0.3) is 0 Å². The second kappa shape index (κ2) is 12.0. The Morgan fingerprint density at radius 2 is 1.83 bits per heavy atom. The molecule has 4 N–H and O–H groups in total. The molecule has 24 heavy (non-hydrogen) atoms. The summed E-state index contributed by atoms with van der Waals surface area (Å²) in [5, 5.41) is 16.3. The fraction of sp³-hybridized carbons (Fsp3) is 0.667. The molecule has 2 heterocycles. The van der Waals surface area contributed by atoms with Gasteiger partial charge in [-0.2, -0.15) is 0 Å². The smallest absolute Gasteiger partial charge is 0.330 e. The van der Waals surface area contributed by atoms with Crippen molar-refractivity contribution in [3.8, 4) is 0 Å². The average molecular weight is 368 g/mol. The summed E-state index contributed by atoms with van der Waals surface area (Å²) in [7, 11) is 3.10. The monoisotopic (exact) mass is 368 g/mol. The molecule has 1 aliphatic rings. The molecule has 1 saturated heterocycles. The minimum Gasteiger partial charge on any atom is -0.400 e. The van der Waals surface area contributed by atoms with Gasteiger partial charge in [-0.05, 0) is 0 Å². The van der Waals surface area contributed by atoms with Crippen molar-refractivity contribution in [2.45, 2.75) is 24.5 Å². The summed E-state index contributed by atoms with van der Waals surface area (Å²) in [5.41, 5.74) is -1.09. The van der Waals surface area contributed by atoms with Crippen LogP contribution in [0.1, 0.15) is 6.23 Å². The SMILES string of the molecule is CO.COC1C(CO)OC(n2ccc(=O)[nH]c2=O)C1OC.O=PO. The van der Waals surface area contributed by atoms with Gasteiger partial charge in [0.2, 0.25) is 0 Å². The third-order valence-electron chi connectivity index (χ3n) is 3.14. The Morgan fingerprint density at radius 1 is 1.29 bits per heavy atom. The highest BCUT2D eigenvalue weighted by Gasteiger charge is 2.46. The number of methoxy groups -OCH3 is 2. The highest BCUT2D eigenvalue weighted by Crippen LogP contribution is 2.31. The summed E-state index contributed by atoms with van der Waals surface area (Å²) in [6, 6.07) is 1.21. The highest BCUT2D eigenvalue weighted by molar-refractivity contribution is 7.16. The normalized spacial score (nSPS) is 25.4. The minimum atomic E-state index is -0.833. The Bertz CT molecular complexity index is 590. The molecule has 1 aromatic heterocycles. The van der Waals surface area contributed by atoms with Crippen LogP contribution in [-0.2, 0) is 18.8 Å². The van der Waals surface area contributed by atoms with Gasteiger partial charge < -0.3 is 29.3 Å². The van der Waals surface area contributed by atoms with Crippen LogP contribution in [0.4, 0.5) is 0 Å². The van der Waals surface area contributed by atoms with Crippen LogP contribution in [0.3, 0.4) is 0 Å². The van der Waals surface area contributed by atoms with E-state index < -0.39 is 44.5 Å². The number of aromatic amines is 1. The van der Waals surface area contributed by atoms with Crippen LogP contribution in [0.2, 0.25) is 0 Å². The molecule has 4 atom stereocenters. The third-order valence-corrected chi connectivity index (χ3v) is 3.14. The van der Waals surface area contributed by atoms with Gasteiger partial charge in [0.25, 0.3) is 5.56 Å². The van der Waals surface area contributed by atoms with E-state index in [2.05, 4.69) is 4.98 Å². The molecule has 1 aromatic rings. The van der Waals surface area contributed by atoms with Crippen LogP contribution in [0.15, 0.2) is 21.9 Å². The molecular formula is C12H21N2O9P. The molecule has 0 saturated carbocycles. The molecular weight excluding hydrogens is 347 g/mol. The fourth-order valence-corrected chi connectivity index (χ4v) is 2.24. The van der Waals surface area contributed by atoms with Crippen molar-refractivity contribution >= 4 is 8.69 Å². The quantitative estimate of drug-likeness (QED) is 0.452. The molecule has 2 rings (SSSR count). The number of aliphatic hydroxyl groups is 2. The lowest BCUT2D eigenvalue weighted by Gasteiger charge is -2.21. The molecule has 0 spiro atoms. The highest BCUT2D eigenvalue weighted by atomic mass is 31.1. The molecule has 1 fully saturated rings. The molecule has 138 valence electrons. The molecule has 0 aliphatic carbocycles. The lowest BCUT2D eigenvalue weighted by atomic mass is 10.1. The van der Waals surface area contributed by atoms with Crippen molar-refractivity contribution < 1.29 is 33.9 Å². The Hall–Kier alpha value is -1.46. The van der Waals surface area contributed by atoms with E-state index in [1.807, 2.05) is 0 Å². The van der Waals surface area contributed by atoms with Gasteiger partial charge in [0.1, 0.15) is 18.3 Å². The van der Waals surface area contributed by atoms with E-state index >= 15 is 0 Å². The van der Waals surface area contributed by atoms with E-state index in [4.69, 9.17) is 28.8 Å². The number of aromatic nitrogens is 2. The van der Waals surface area contributed by atoms with E-state index in [1.165, 1.54) is 31.0 Å². The van der Waals surface area contributed by atoms with Crippen LogP contribution in [0, 0.1) is 0 Å². The zero-order valence-corrected chi connectivity index (χ0v) is 14.3. The van der Waals surface area contributed by atoms with Gasteiger partial charge in [0.05, 0.1) is 6.61 Å². The summed E-state index contributed by atoms with van der Waals surface area (Å²) in [5.74, 6) is 0. The van der Waals surface area contributed by atoms with Crippen LogP contribution < -0.4 is 11.2 Å². The molecule has 0 bridgehead atoms. The summed E-state index contributed by atoms with van der Waals surface area (Å²) < 4.78 is 25.8. The maximum Gasteiger partial charge on any atom is 0.330 e. The van der Waals surface area contributed by atoms with E-state index in [0.717, 1.165) is 7.11 Å². The van der Waals surface area contributed by atoms with E-state index in [0.29, 0.717) is 0 Å². The maximum absolute atomic E-state index is 11.7. The van der Waals surface area contributed by atoms with Gasteiger partial charge in [-0.1, -0.05) is 0 Å². The lowest BCUT2D eigenvalue weighted by Crippen LogP contribution is -2.39. The Morgan fingerprint density at radius 3 is 2.25 bits per heavy atom. The topological polar surface area (TPSA) is 160 Å². The van der Waals surface area contributed by atoms with Gasteiger partial charge in [-0.15, -0.1) is 0 Å². The Kier molecular flexibility index (Phi) is 11.3. The lowest BCUT2D eigenvalue weighted by molar-refractivity contribution is -0.0625. The molecule has 12 heteroatoms. The van der Waals surface area contributed by atoms with Gasteiger partial charge in [-0.25, -0.2) is 9.36 Å².